The van der Waals surface area contributed by atoms with Crippen LogP contribution in [0.2, 0.25) is 0 Å². The molecule has 0 aliphatic heterocycles. The molecule has 0 unspecified atom stereocenters. The first-order valence-corrected chi connectivity index (χ1v) is 16.6. The number of esters is 4. The zero-order valence-corrected chi connectivity index (χ0v) is 27.9. The zero-order valence-electron chi connectivity index (χ0n) is 27.9. The van der Waals surface area contributed by atoms with Gasteiger partial charge in [0.2, 0.25) is 6.08 Å². The highest BCUT2D eigenvalue weighted by molar-refractivity contribution is 5.90. The van der Waals surface area contributed by atoms with Crippen LogP contribution in [-0.2, 0) is 33.4 Å². The number of aliphatic imine (C=N–C) groups is 1. The molecule has 0 spiro atoms. The largest absolute Gasteiger partial charge is 0.460 e. The van der Waals surface area contributed by atoms with Gasteiger partial charge in [-0.1, -0.05) is 57.6 Å². The number of benzene rings is 2. The summed E-state index contributed by atoms with van der Waals surface area (Å²) in [6, 6.07) is 11.7. The molecule has 0 N–H and O–H groups in total. The summed E-state index contributed by atoms with van der Waals surface area (Å²) in [5.74, 6) is -1.91. The number of carbonyl (C=O) groups is 4. The SMILES string of the molecule is CCCCCC[C@H](CC=CCCCCCCCC(=O)OCC(=O)Oc1ccc(N=C=O)cc1)OC(=O)COC(=O)c1ccc(OC#N)cc1. The summed E-state index contributed by atoms with van der Waals surface area (Å²) < 4.78 is 25.5. The Kier molecular flexibility index (Phi) is 20.2. The van der Waals surface area contributed by atoms with E-state index in [-0.39, 0.29) is 23.8 Å². The van der Waals surface area contributed by atoms with Crippen LogP contribution < -0.4 is 9.47 Å². The molecule has 0 aromatic heterocycles. The van der Waals surface area contributed by atoms with Gasteiger partial charge in [0.25, 0.3) is 6.26 Å². The molecule has 0 saturated carbocycles. The van der Waals surface area contributed by atoms with Crippen LogP contribution in [0.15, 0.2) is 65.7 Å². The van der Waals surface area contributed by atoms with Gasteiger partial charge in [-0.15, -0.1) is 5.26 Å². The van der Waals surface area contributed by atoms with Crippen molar-refractivity contribution in [2.45, 2.75) is 96.5 Å². The van der Waals surface area contributed by atoms with E-state index in [1.165, 1.54) is 54.6 Å². The first kappa shape index (κ1) is 39.9. The summed E-state index contributed by atoms with van der Waals surface area (Å²) in [5, 5.41) is 8.55. The van der Waals surface area contributed by atoms with Crippen molar-refractivity contribution in [1.82, 2.24) is 0 Å². The van der Waals surface area contributed by atoms with E-state index >= 15 is 0 Å². The number of ether oxygens (including phenoxy) is 5. The highest BCUT2D eigenvalue weighted by atomic mass is 16.6. The average molecular weight is 677 g/mol. The van der Waals surface area contributed by atoms with Crippen LogP contribution in [0.4, 0.5) is 5.69 Å². The molecule has 0 amide bonds. The molecule has 0 fully saturated rings. The van der Waals surface area contributed by atoms with E-state index < -0.39 is 37.1 Å². The summed E-state index contributed by atoms with van der Waals surface area (Å²) in [5.41, 5.74) is 0.605. The molecule has 12 nitrogen and oxygen atoms in total. The molecule has 49 heavy (non-hydrogen) atoms. The average Bonchev–Trinajstić information content (AvgIpc) is 3.10. The predicted octanol–water partition coefficient (Wildman–Crippen LogP) is 7.38. The Morgan fingerprint density at radius 2 is 1.45 bits per heavy atom. The van der Waals surface area contributed by atoms with E-state index in [1.807, 2.05) is 6.08 Å². The third-order valence-corrected chi connectivity index (χ3v) is 7.16. The standard InChI is InChI=1S/C37H44N2O10/c1-2-3-4-11-14-32(48-36(43)26-46-37(44)29-17-21-31(22-18-29)47-27-38)15-12-9-7-5-6-8-10-13-16-34(41)45-25-35(42)49-33-23-19-30(20-24-33)39-28-40/h9,12,17-24,32H,2-8,10-11,13-16,25-26H2,1H3/t32-/m1/s1. The van der Waals surface area contributed by atoms with Gasteiger partial charge in [-0.2, -0.15) is 4.99 Å². The van der Waals surface area contributed by atoms with Crippen molar-refractivity contribution in [3.8, 4) is 17.8 Å². The van der Waals surface area contributed by atoms with Gasteiger partial charge in [0.05, 0.1) is 11.3 Å². The number of unbranched alkanes of at least 4 members (excludes halogenated alkanes) is 8. The number of hydrogen-bond acceptors (Lipinski definition) is 12. The second kappa shape index (κ2) is 24.8. The molecule has 262 valence electrons. The smallest absolute Gasteiger partial charge is 0.349 e. The number of allylic oxidation sites excluding steroid dienone is 1. The van der Waals surface area contributed by atoms with Crippen LogP contribution in [0.1, 0.15) is 101 Å². The van der Waals surface area contributed by atoms with Crippen LogP contribution in [0, 0.1) is 11.5 Å². The Bertz CT molecular complexity index is 1420. The van der Waals surface area contributed by atoms with Gasteiger partial charge >= 0.3 is 23.9 Å². The van der Waals surface area contributed by atoms with Gasteiger partial charge in [-0.3, -0.25) is 4.79 Å². The Hall–Kier alpha value is -5.27. The first-order valence-electron chi connectivity index (χ1n) is 16.6. The summed E-state index contributed by atoms with van der Waals surface area (Å²) in [7, 11) is 0. The van der Waals surface area contributed by atoms with Gasteiger partial charge < -0.3 is 23.7 Å². The minimum absolute atomic E-state index is 0.217. The fourth-order valence-corrected chi connectivity index (χ4v) is 4.60. The van der Waals surface area contributed by atoms with Crippen molar-refractivity contribution < 1.29 is 47.7 Å². The van der Waals surface area contributed by atoms with Gasteiger partial charge in [0, 0.05) is 12.8 Å². The van der Waals surface area contributed by atoms with Crippen LogP contribution in [0.25, 0.3) is 0 Å². The minimum atomic E-state index is -0.705. The summed E-state index contributed by atoms with van der Waals surface area (Å²) in [6.45, 7) is 1.15. The van der Waals surface area contributed by atoms with Crippen molar-refractivity contribution in [1.29, 1.82) is 5.26 Å². The Balaban J connectivity index is 1.58. The number of nitrogens with zero attached hydrogens (tertiary/aromatic N) is 2. The highest BCUT2D eigenvalue weighted by Gasteiger charge is 2.16. The normalized spacial score (nSPS) is 11.1. The van der Waals surface area contributed by atoms with Crippen LogP contribution in [0.5, 0.6) is 11.5 Å². The molecule has 0 bridgehead atoms. The zero-order chi connectivity index (χ0) is 35.5. The van der Waals surface area contributed by atoms with Crippen molar-refractivity contribution >= 4 is 35.6 Å². The fourth-order valence-electron chi connectivity index (χ4n) is 4.60. The van der Waals surface area contributed by atoms with Crippen molar-refractivity contribution in [3.05, 3.63) is 66.2 Å². The maximum absolute atomic E-state index is 12.4. The third kappa shape index (κ3) is 18.6. The molecule has 2 aromatic rings. The van der Waals surface area contributed by atoms with E-state index in [9.17, 15) is 24.0 Å². The molecule has 2 aromatic carbocycles. The lowest BCUT2D eigenvalue weighted by atomic mass is 10.1. The first-order chi connectivity index (χ1) is 23.8. The monoisotopic (exact) mass is 676 g/mol. The molecule has 2 rings (SSSR count). The van der Waals surface area contributed by atoms with Crippen LogP contribution in [0.3, 0.4) is 0 Å². The van der Waals surface area contributed by atoms with E-state index in [4.69, 9.17) is 24.2 Å². The van der Waals surface area contributed by atoms with E-state index in [0.717, 1.165) is 64.2 Å². The van der Waals surface area contributed by atoms with Crippen LogP contribution in [-0.4, -0.2) is 49.3 Å². The molecule has 0 aliphatic carbocycles. The Labute approximate surface area is 287 Å². The number of isocyanates is 1. The molecule has 0 heterocycles. The van der Waals surface area contributed by atoms with Crippen molar-refractivity contribution in [2.24, 2.45) is 4.99 Å². The molecule has 1 atom stereocenters. The van der Waals surface area contributed by atoms with E-state index in [2.05, 4.69) is 22.7 Å². The van der Waals surface area contributed by atoms with Gasteiger partial charge in [0.1, 0.15) is 17.6 Å². The lowest BCUT2D eigenvalue weighted by molar-refractivity contribution is -0.153. The minimum Gasteiger partial charge on any atom is -0.460 e. The second-order valence-electron chi connectivity index (χ2n) is 11.1. The topological polar surface area (TPSA) is 168 Å². The number of carbonyl (C=O) groups excluding carboxylic acids is 5. The molecular formula is C37H44N2O10. The van der Waals surface area contributed by atoms with Crippen LogP contribution >= 0.6 is 0 Å². The van der Waals surface area contributed by atoms with Gasteiger partial charge in [-0.25, -0.2) is 19.2 Å². The lowest BCUT2D eigenvalue weighted by Crippen LogP contribution is -2.23. The number of hydrogen-bond donors (Lipinski definition) is 0. The molecule has 12 heteroatoms. The van der Waals surface area contributed by atoms with Gasteiger partial charge in [0.15, 0.2) is 13.2 Å². The number of nitriles is 1. The summed E-state index contributed by atoms with van der Waals surface area (Å²) in [6.07, 6.45) is 17.8. The lowest BCUT2D eigenvalue weighted by Gasteiger charge is -2.16. The summed E-state index contributed by atoms with van der Waals surface area (Å²) >= 11 is 0. The second-order valence-corrected chi connectivity index (χ2v) is 11.1. The molecule has 0 radical (unpaired) electrons. The Morgan fingerprint density at radius 3 is 2.16 bits per heavy atom. The van der Waals surface area contributed by atoms with Gasteiger partial charge in [-0.05, 0) is 80.6 Å². The van der Waals surface area contributed by atoms with E-state index in [0.29, 0.717) is 24.3 Å². The van der Waals surface area contributed by atoms with Crippen molar-refractivity contribution in [3.63, 3.8) is 0 Å². The Morgan fingerprint density at radius 1 is 0.776 bits per heavy atom. The highest BCUT2D eigenvalue weighted by Crippen LogP contribution is 2.18. The molecule has 0 saturated heterocycles. The number of rotatable bonds is 24. The third-order valence-electron chi connectivity index (χ3n) is 7.16. The predicted molar refractivity (Wildman–Crippen MR) is 178 cm³/mol. The van der Waals surface area contributed by atoms with Crippen molar-refractivity contribution in [2.75, 3.05) is 13.2 Å². The maximum atomic E-state index is 12.4. The van der Waals surface area contributed by atoms with E-state index in [1.54, 1.807) is 6.26 Å². The summed E-state index contributed by atoms with van der Waals surface area (Å²) in [4.78, 5) is 62.2. The molecular weight excluding hydrogens is 632 g/mol. The molecule has 0 aliphatic rings. The maximum Gasteiger partial charge on any atom is 0.349 e. The fraction of sp³-hybridized carbons (Fsp3) is 0.459. The quantitative estimate of drug-likeness (QED) is 0.0159.